The second-order valence-corrected chi connectivity index (χ2v) is 8.17. The minimum atomic E-state index is -1.34. The maximum Gasteiger partial charge on any atom is 0.326 e. The molecule has 1 aromatic heterocycles. The van der Waals surface area contributed by atoms with Crippen LogP contribution in [0.3, 0.4) is 0 Å². The molecule has 0 spiro atoms. The van der Waals surface area contributed by atoms with Crippen molar-refractivity contribution in [2.45, 2.75) is 44.8 Å². The van der Waals surface area contributed by atoms with Crippen molar-refractivity contribution in [1.82, 2.24) is 20.9 Å². The van der Waals surface area contributed by atoms with Crippen LogP contribution in [-0.2, 0) is 30.4 Å². The summed E-state index contributed by atoms with van der Waals surface area (Å²) in [6.45, 7) is 2.74. The lowest BCUT2D eigenvalue weighted by atomic mass is 10.0. The van der Waals surface area contributed by atoms with E-state index in [1.807, 2.05) is 24.3 Å². The van der Waals surface area contributed by atoms with Gasteiger partial charge in [0.25, 0.3) is 0 Å². The standard InChI is InChI=1S/C22H29N5O7/c1-11(2)19(22(33)34)27-21(32)16(7-12-9-24-15-6-4-3-5-13(12)15)26-17(28)10-25-20(31)14(23)8-18(29)30/h3-6,9,11,14,16,19,24H,7-8,10,23H2,1-2H3,(H,25,31)(H,26,28)(H,27,32)(H,29,30)(H,33,34). The molecule has 34 heavy (non-hydrogen) atoms. The van der Waals surface area contributed by atoms with Gasteiger partial charge in [-0.3, -0.25) is 19.2 Å². The van der Waals surface area contributed by atoms with E-state index in [-0.39, 0.29) is 6.42 Å². The largest absolute Gasteiger partial charge is 0.481 e. The van der Waals surface area contributed by atoms with Gasteiger partial charge in [-0.05, 0) is 17.5 Å². The molecule has 12 heteroatoms. The summed E-state index contributed by atoms with van der Waals surface area (Å²) in [5, 5.41) is 26.1. The van der Waals surface area contributed by atoms with Gasteiger partial charge in [-0.2, -0.15) is 0 Å². The smallest absolute Gasteiger partial charge is 0.326 e. The van der Waals surface area contributed by atoms with Gasteiger partial charge in [0.2, 0.25) is 17.7 Å². The van der Waals surface area contributed by atoms with Gasteiger partial charge in [0.1, 0.15) is 12.1 Å². The van der Waals surface area contributed by atoms with Crippen molar-refractivity contribution in [2.24, 2.45) is 11.7 Å². The van der Waals surface area contributed by atoms with E-state index in [1.54, 1.807) is 20.0 Å². The number of benzene rings is 1. The Morgan fingerprint density at radius 1 is 1.03 bits per heavy atom. The molecule has 0 fully saturated rings. The molecule has 184 valence electrons. The molecule has 12 nitrogen and oxygen atoms in total. The third kappa shape index (κ3) is 7.30. The average Bonchev–Trinajstić information content (AvgIpc) is 3.17. The number of H-pyrrole nitrogens is 1. The van der Waals surface area contributed by atoms with Crippen LogP contribution < -0.4 is 21.7 Å². The zero-order valence-electron chi connectivity index (χ0n) is 18.8. The number of carboxylic acid groups (broad SMARTS) is 2. The molecule has 0 aliphatic heterocycles. The van der Waals surface area contributed by atoms with E-state index in [0.717, 1.165) is 16.5 Å². The maximum absolute atomic E-state index is 13.0. The van der Waals surface area contributed by atoms with Gasteiger partial charge >= 0.3 is 11.9 Å². The number of hydrogen-bond acceptors (Lipinski definition) is 6. The molecule has 1 heterocycles. The highest BCUT2D eigenvalue weighted by Gasteiger charge is 2.29. The van der Waals surface area contributed by atoms with Gasteiger partial charge in [-0.1, -0.05) is 32.0 Å². The van der Waals surface area contributed by atoms with Crippen LogP contribution in [0.15, 0.2) is 30.5 Å². The summed E-state index contributed by atoms with van der Waals surface area (Å²) in [5.41, 5.74) is 7.01. The summed E-state index contributed by atoms with van der Waals surface area (Å²) in [5.74, 6) is -5.14. The van der Waals surface area contributed by atoms with Crippen molar-refractivity contribution in [1.29, 1.82) is 0 Å². The van der Waals surface area contributed by atoms with Gasteiger partial charge in [0.05, 0.1) is 19.0 Å². The summed E-state index contributed by atoms with van der Waals surface area (Å²) >= 11 is 0. The number of nitrogens with one attached hydrogen (secondary N) is 4. The molecular weight excluding hydrogens is 446 g/mol. The van der Waals surface area contributed by atoms with Gasteiger partial charge in [-0.15, -0.1) is 0 Å². The van der Waals surface area contributed by atoms with Crippen LogP contribution in [0.2, 0.25) is 0 Å². The summed E-state index contributed by atoms with van der Waals surface area (Å²) in [6.07, 6.45) is 1.14. The minimum Gasteiger partial charge on any atom is -0.481 e. The number of nitrogens with two attached hydrogens (primary N) is 1. The first kappa shape index (κ1) is 26.3. The molecule has 3 atom stereocenters. The predicted octanol–water partition coefficient (Wildman–Crippen LogP) is -0.661. The molecular formula is C22H29N5O7. The molecule has 0 bridgehead atoms. The molecule has 0 aliphatic rings. The van der Waals surface area contributed by atoms with E-state index >= 15 is 0 Å². The van der Waals surface area contributed by atoms with Crippen molar-refractivity contribution in [3.8, 4) is 0 Å². The van der Waals surface area contributed by atoms with E-state index in [2.05, 4.69) is 20.9 Å². The molecule has 0 radical (unpaired) electrons. The number of fused-ring (bicyclic) bond motifs is 1. The van der Waals surface area contributed by atoms with Crippen molar-refractivity contribution in [3.63, 3.8) is 0 Å². The normalized spacial score (nSPS) is 13.6. The second kappa shape index (κ2) is 11.8. The van der Waals surface area contributed by atoms with Crippen LogP contribution in [0.25, 0.3) is 10.9 Å². The van der Waals surface area contributed by atoms with Gasteiger partial charge in [0.15, 0.2) is 0 Å². The Balaban J connectivity index is 2.15. The van der Waals surface area contributed by atoms with E-state index in [1.165, 1.54) is 0 Å². The molecule has 8 N–H and O–H groups in total. The minimum absolute atomic E-state index is 0.0541. The monoisotopic (exact) mass is 475 g/mol. The number of amides is 3. The molecule has 0 aliphatic carbocycles. The number of rotatable bonds is 12. The van der Waals surface area contributed by atoms with Crippen LogP contribution >= 0.6 is 0 Å². The highest BCUT2D eigenvalue weighted by molar-refractivity contribution is 5.94. The topological polar surface area (TPSA) is 204 Å². The Labute approximate surface area is 195 Å². The maximum atomic E-state index is 13.0. The highest BCUT2D eigenvalue weighted by atomic mass is 16.4. The second-order valence-electron chi connectivity index (χ2n) is 8.17. The van der Waals surface area contributed by atoms with Crippen LogP contribution in [0.4, 0.5) is 0 Å². The van der Waals surface area contributed by atoms with E-state index in [9.17, 15) is 29.1 Å². The third-order valence-corrected chi connectivity index (χ3v) is 5.14. The van der Waals surface area contributed by atoms with Crippen molar-refractivity contribution < 1.29 is 34.2 Å². The number of para-hydroxylation sites is 1. The van der Waals surface area contributed by atoms with Crippen molar-refractivity contribution >= 4 is 40.6 Å². The average molecular weight is 476 g/mol. The van der Waals surface area contributed by atoms with Crippen molar-refractivity contribution in [3.05, 3.63) is 36.0 Å². The molecule has 3 unspecified atom stereocenters. The molecule has 1 aromatic carbocycles. The van der Waals surface area contributed by atoms with Crippen LogP contribution in [-0.4, -0.2) is 69.5 Å². The Morgan fingerprint density at radius 3 is 2.32 bits per heavy atom. The Bertz CT molecular complexity index is 1060. The number of carbonyl (C=O) groups excluding carboxylic acids is 3. The number of carbonyl (C=O) groups is 5. The lowest BCUT2D eigenvalue weighted by molar-refractivity contribution is -0.143. The zero-order valence-corrected chi connectivity index (χ0v) is 18.8. The summed E-state index contributed by atoms with van der Waals surface area (Å²) in [4.78, 5) is 62.6. The zero-order chi connectivity index (χ0) is 25.4. The van der Waals surface area contributed by atoms with E-state index in [4.69, 9.17) is 10.8 Å². The number of carboxylic acids is 2. The quantitative estimate of drug-likeness (QED) is 0.209. The van der Waals surface area contributed by atoms with Crippen LogP contribution in [0, 0.1) is 5.92 Å². The molecule has 2 aromatic rings. The number of aromatic amines is 1. The first-order valence-electron chi connectivity index (χ1n) is 10.6. The fraction of sp³-hybridized carbons (Fsp3) is 0.409. The first-order chi connectivity index (χ1) is 16.0. The number of hydrogen-bond donors (Lipinski definition) is 7. The van der Waals surface area contributed by atoms with Crippen LogP contribution in [0.1, 0.15) is 25.8 Å². The van der Waals surface area contributed by atoms with Crippen LogP contribution in [0.5, 0.6) is 0 Å². The molecule has 3 amide bonds. The van der Waals surface area contributed by atoms with Gasteiger partial charge in [0, 0.05) is 23.5 Å². The lowest BCUT2D eigenvalue weighted by Crippen LogP contribution is -2.55. The number of aliphatic carboxylic acids is 2. The molecule has 2 rings (SSSR count). The lowest BCUT2D eigenvalue weighted by Gasteiger charge is -2.23. The Morgan fingerprint density at radius 2 is 1.71 bits per heavy atom. The van der Waals surface area contributed by atoms with Crippen molar-refractivity contribution in [2.75, 3.05) is 6.54 Å². The summed E-state index contributed by atoms with van der Waals surface area (Å²) in [7, 11) is 0. The summed E-state index contributed by atoms with van der Waals surface area (Å²) < 4.78 is 0. The SMILES string of the molecule is CC(C)C(NC(=O)C(Cc1c[nH]c2ccccc12)NC(=O)CNC(=O)C(N)CC(=O)O)C(=O)O. The highest BCUT2D eigenvalue weighted by Crippen LogP contribution is 2.19. The molecule has 0 saturated carbocycles. The Kier molecular flexibility index (Phi) is 9.13. The summed E-state index contributed by atoms with van der Waals surface area (Å²) in [6, 6.07) is 3.71. The predicted molar refractivity (Wildman–Crippen MR) is 122 cm³/mol. The number of aromatic nitrogens is 1. The fourth-order valence-corrected chi connectivity index (χ4v) is 3.32. The Hall–Kier alpha value is -3.93. The third-order valence-electron chi connectivity index (χ3n) is 5.14. The van der Waals surface area contributed by atoms with E-state index in [0.29, 0.717) is 0 Å². The fourth-order valence-electron chi connectivity index (χ4n) is 3.32. The van der Waals surface area contributed by atoms with E-state index < -0.39 is 66.7 Å². The molecule has 0 saturated heterocycles. The van der Waals surface area contributed by atoms with Gasteiger partial charge in [-0.25, -0.2) is 4.79 Å². The first-order valence-corrected chi connectivity index (χ1v) is 10.6. The van der Waals surface area contributed by atoms with Gasteiger partial charge < -0.3 is 36.9 Å².